The topological polar surface area (TPSA) is 71.0 Å². The van der Waals surface area contributed by atoms with E-state index in [1.54, 1.807) is 12.1 Å². The van der Waals surface area contributed by atoms with Crippen LogP contribution in [0.3, 0.4) is 0 Å². The fraction of sp³-hybridized carbons (Fsp3) is 0.276. The maximum absolute atomic E-state index is 11.6. The highest BCUT2D eigenvalue weighted by Gasteiger charge is 2.17. The quantitative estimate of drug-likeness (QED) is 0.223. The number of halogens is 1. The molecule has 0 saturated carbocycles. The molecule has 5 rings (SSSR count). The third-order valence-electron chi connectivity index (χ3n) is 6.35. The predicted octanol–water partition coefficient (Wildman–Crippen LogP) is 7.11. The first-order valence-corrected chi connectivity index (χ1v) is 13.8. The Morgan fingerprint density at radius 1 is 0.973 bits per heavy atom. The van der Waals surface area contributed by atoms with Gasteiger partial charge in [0.1, 0.15) is 29.7 Å². The number of piperidine rings is 1. The standard InChI is InChI=1S/C29H29ClN2O4S/c30-19-27(34)31-21-6-4-20(5-7-21)29-28(25-13-8-22(33)18-26(25)37-29)36-24-11-9-23(10-12-24)35-17-16-32-14-2-1-3-15-32/h4-13,18,33H,1-3,14-17,19H2,(H,31,34). The molecular weight excluding hydrogens is 508 g/mol. The molecule has 2 N–H and O–H groups in total. The molecule has 0 bridgehead atoms. The van der Waals surface area contributed by atoms with Gasteiger partial charge in [0.2, 0.25) is 5.91 Å². The number of likely N-dealkylation sites (tertiary alicyclic amines) is 1. The Kier molecular flexibility index (Phi) is 8.14. The van der Waals surface area contributed by atoms with Gasteiger partial charge in [0.05, 0.1) is 4.88 Å². The molecule has 1 saturated heterocycles. The van der Waals surface area contributed by atoms with E-state index in [0.717, 1.165) is 51.7 Å². The number of nitrogens with one attached hydrogen (secondary N) is 1. The Morgan fingerprint density at radius 2 is 1.70 bits per heavy atom. The molecular formula is C29H29ClN2O4S. The number of anilines is 1. The summed E-state index contributed by atoms with van der Waals surface area (Å²) in [5, 5.41) is 13.7. The number of benzene rings is 3. The van der Waals surface area contributed by atoms with Gasteiger partial charge in [-0.15, -0.1) is 22.9 Å². The summed E-state index contributed by atoms with van der Waals surface area (Å²) in [5.74, 6) is 2.09. The number of alkyl halides is 1. The highest BCUT2D eigenvalue weighted by Crippen LogP contribution is 2.47. The van der Waals surface area contributed by atoms with Crippen LogP contribution in [0.15, 0.2) is 66.7 Å². The zero-order chi connectivity index (χ0) is 25.6. The van der Waals surface area contributed by atoms with Crippen LogP contribution in [0.25, 0.3) is 20.5 Å². The lowest BCUT2D eigenvalue weighted by atomic mass is 10.1. The Balaban J connectivity index is 1.33. The molecule has 1 amide bonds. The molecule has 8 heteroatoms. The molecule has 1 fully saturated rings. The fourth-order valence-electron chi connectivity index (χ4n) is 4.45. The van der Waals surface area contributed by atoms with Crippen LogP contribution in [0.2, 0.25) is 0 Å². The van der Waals surface area contributed by atoms with Crippen molar-refractivity contribution in [3.63, 3.8) is 0 Å². The van der Waals surface area contributed by atoms with Gasteiger partial charge in [-0.1, -0.05) is 18.6 Å². The summed E-state index contributed by atoms with van der Waals surface area (Å²) in [4.78, 5) is 15.0. The Bertz CT molecular complexity index is 1350. The molecule has 0 aliphatic carbocycles. The molecule has 1 aliphatic rings. The maximum Gasteiger partial charge on any atom is 0.239 e. The van der Waals surface area contributed by atoms with Crippen LogP contribution < -0.4 is 14.8 Å². The van der Waals surface area contributed by atoms with Crippen molar-refractivity contribution < 1.29 is 19.4 Å². The molecule has 0 atom stereocenters. The van der Waals surface area contributed by atoms with Crippen molar-refractivity contribution in [2.24, 2.45) is 0 Å². The Labute approximate surface area is 225 Å². The molecule has 1 aromatic heterocycles. The van der Waals surface area contributed by atoms with Gasteiger partial charge in [0.15, 0.2) is 5.75 Å². The first-order valence-electron chi connectivity index (χ1n) is 12.4. The van der Waals surface area contributed by atoms with E-state index in [2.05, 4.69) is 10.2 Å². The average Bonchev–Trinajstić information content (AvgIpc) is 3.27. The molecule has 0 unspecified atom stereocenters. The second kappa shape index (κ2) is 11.9. The predicted molar refractivity (Wildman–Crippen MR) is 151 cm³/mol. The molecule has 6 nitrogen and oxygen atoms in total. The summed E-state index contributed by atoms with van der Waals surface area (Å²) in [6.07, 6.45) is 3.89. The normalized spacial score (nSPS) is 14.0. The van der Waals surface area contributed by atoms with E-state index in [0.29, 0.717) is 18.0 Å². The number of nitrogens with zero attached hydrogens (tertiary/aromatic N) is 1. The smallest absolute Gasteiger partial charge is 0.239 e. The number of carbonyl (C=O) groups is 1. The summed E-state index contributed by atoms with van der Waals surface area (Å²) < 4.78 is 13.3. The van der Waals surface area contributed by atoms with Gasteiger partial charge in [0, 0.05) is 22.3 Å². The number of hydrogen-bond donors (Lipinski definition) is 2. The largest absolute Gasteiger partial charge is 0.508 e. The highest BCUT2D eigenvalue weighted by molar-refractivity contribution is 7.22. The number of rotatable bonds is 9. The van der Waals surface area contributed by atoms with Gasteiger partial charge in [-0.2, -0.15) is 0 Å². The lowest BCUT2D eigenvalue weighted by Gasteiger charge is -2.26. The molecule has 1 aliphatic heterocycles. The number of phenols is 1. The average molecular weight is 537 g/mol. The van der Waals surface area contributed by atoms with Crippen LogP contribution >= 0.6 is 22.9 Å². The molecule has 0 radical (unpaired) electrons. The number of aromatic hydroxyl groups is 1. The van der Waals surface area contributed by atoms with Gasteiger partial charge in [-0.25, -0.2) is 0 Å². The van der Waals surface area contributed by atoms with E-state index in [9.17, 15) is 9.90 Å². The van der Waals surface area contributed by atoms with E-state index < -0.39 is 0 Å². The SMILES string of the molecule is O=C(CCl)Nc1ccc(-c2sc3cc(O)ccc3c2Oc2ccc(OCCN3CCCCC3)cc2)cc1. The molecule has 3 aromatic carbocycles. The number of fused-ring (bicyclic) bond motifs is 1. The fourth-order valence-corrected chi connectivity index (χ4v) is 5.69. The summed E-state index contributed by atoms with van der Waals surface area (Å²) in [5.41, 5.74) is 1.61. The molecule has 37 heavy (non-hydrogen) atoms. The Hall–Kier alpha value is -3.26. The third-order valence-corrected chi connectivity index (χ3v) is 7.77. The van der Waals surface area contributed by atoms with Gasteiger partial charge >= 0.3 is 0 Å². The zero-order valence-corrected chi connectivity index (χ0v) is 22.0. The first-order chi connectivity index (χ1) is 18.1. The minimum Gasteiger partial charge on any atom is -0.508 e. The molecule has 2 heterocycles. The van der Waals surface area contributed by atoms with Gasteiger partial charge in [-0.05, 0) is 86.1 Å². The monoisotopic (exact) mass is 536 g/mol. The van der Waals surface area contributed by atoms with Gasteiger partial charge in [0.25, 0.3) is 0 Å². The number of ether oxygens (including phenoxy) is 2. The maximum atomic E-state index is 11.6. The summed E-state index contributed by atoms with van der Waals surface area (Å²) in [6, 6.07) is 20.5. The van der Waals surface area contributed by atoms with Crippen LogP contribution in [0.4, 0.5) is 5.69 Å². The van der Waals surface area contributed by atoms with Crippen molar-refractivity contribution in [3.8, 4) is 33.4 Å². The second-order valence-corrected chi connectivity index (χ2v) is 10.3. The number of phenolic OH excluding ortho intramolecular Hbond substituents is 1. The lowest BCUT2D eigenvalue weighted by molar-refractivity contribution is -0.113. The van der Waals surface area contributed by atoms with E-state index in [4.69, 9.17) is 21.1 Å². The van der Waals surface area contributed by atoms with E-state index >= 15 is 0 Å². The summed E-state index contributed by atoms with van der Waals surface area (Å²) in [6.45, 7) is 3.94. The zero-order valence-electron chi connectivity index (χ0n) is 20.4. The van der Waals surface area contributed by atoms with Crippen molar-refractivity contribution in [2.75, 3.05) is 37.4 Å². The molecule has 192 valence electrons. The second-order valence-electron chi connectivity index (χ2n) is 9.02. The van der Waals surface area contributed by atoms with Gasteiger partial charge in [-0.3, -0.25) is 9.69 Å². The lowest BCUT2D eigenvalue weighted by Crippen LogP contribution is -2.33. The molecule has 4 aromatic rings. The van der Waals surface area contributed by atoms with Crippen LogP contribution in [0, 0.1) is 0 Å². The van der Waals surface area contributed by atoms with Crippen molar-refractivity contribution in [2.45, 2.75) is 19.3 Å². The van der Waals surface area contributed by atoms with Crippen molar-refractivity contribution >= 4 is 44.6 Å². The summed E-state index contributed by atoms with van der Waals surface area (Å²) >= 11 is 7.13. The number of amides is 1. The van der Waals surface area contributed by atoms with E-state index in [1.807, 2.05) is 54.6 Å². The van der Waals surface area contributed by atoms with Crippen LogP contribution in [0.1, 0.15) is 19.3 Å². The number of carbonyl (C=O) groups excluding carboxylic acids is 1. The van der Waals surface area contributed by atoms with Crippen LogP contribution in [-0.2, 0) is 4.79 Å². The van der Waals surface area contributed by atoms with Crippen LogP contribution in [0.5, 0.6) is 23.0 Å². The number of hydrogen-bond acceptors (Lipinski definition) is 6. The van der Waals surface area contributed by atoms with E-state index in [1.165, 1.54) is 30.6 Å². The van der Waals surface area contributed by atoms with Crippen molar-refractivity contribution in [1.82, 2.24) is 4.90 Å². The minimum absolute atomic E-state index is 0.0954. The van der Waals surface area contributed by atoms with Crippen molar-refractivity contribution in [1.29, 1.82) is 0 Å². The third kappa shape index (κ3) is 6.36. The van der Waals surface area contributed by atoms with Gasteiger partial charge < -0.3 is 19.9 Å². The van der Waals surface area contributed by atoms with E-state index in [-0.39, 0.29) is 17.5 Å². The highest BCUT2D eigenvalue weighted by atomic mass is 35.5. The van der Waals surface area contributed by atoms with Crippen LogP contribution in [-0.4, -0.2) is 48.0 Å². The molecule has 0 spiro atoms. The first kappa shape index (κ1) is 25.4. The minimum atomic E-state index is -0.255. The van der Waals surface area contributed by atoms with Crippen molar-refractivity contribution in [3.05, 3.63) is 66.7 Å². The summed E-state index contributed by atoms with van der Waals surface area (Å²) in [7, 11) is 0. The Morgan fingerprint density at radius 3 is 2.43 bits per heavy atom. The number of thiophene rings is 1.